The molecule has 3 heteroatoms. The maximum Gasteiger partial charge on any atom is 0.121 e. The SMILES string of the molecule is CCC(CO)COc1cccc(N)c1. The molecule has 14 heavy (non-hydrogen) atoms. The summed E-state index contributed by atoms with van der Waals surface area (Å²) in [5.74, 6) is 0.966. The van der Waals surface area contributed by atoms with Crippen LogP contribution in [0.1, 0.15) is 13.3 Å². The zero-order valence-electron chi connectivity index (χ0n) is 8.44. The summed E-state index contributed by atoms with van der Waals surface area (Å²) >= 11 is 0. The Morgan fingerprint density at radius 2 is 2.29 bits per heavy atom. The number of hydrogen-bond acceptors (Lipinski definition) is 3. The van der Waals surface area contributed by atoms with Crippen molar-refractivity contribution in [3.05, 3.63) is 24.3 Å². The normalized spacial score (nSPS) is 12.4. The predicted octanol–water partition coefficient (Wildman–Crippen LogP) is 1.67. The molecule has 0 aliphatic rings. The Bertz CT molecular complexity index is 272. The number of nitrogens with two attached hydrogens (primary N) is 1. The van der Waals surface area contributed by atoms with Gasteiger partial charge in [0, 0.05) is 24.3 Å². The molecule has 0 saturated carbocycles. The van der Waals surface area contributed by atoms with Crippen molar-refractivity contribution < 1.29 is 9.84 Å². The molecule has 0 aromatic heterocycles. The largest absolute Gasteiger partial charge is 0.493 e. The summed E-state index contributed by atoms with van der Waals surface area (Å²) < 4.78 is 5.49. The lowest BCUT2D eigenvalue weighted by Gasteiger charge is -2.13. The van der Waals surface area contributed by atoms with Crippen LogP contribution in [0.2, 0.25) is 0 Å². The van der Waals surface area contributed by atoms with Gasteiger partial charge < -0.3 is 15.6 Å². The van der Waals surface area contributed by atoms with Crippen LogP contribution >= 0.6 is 0 Å². The number of nitrogen functional groups attached to an aromatic ring is 1. The van der Waals surface area contributed by atoms with Gasteiger partial charge in [-0.15, -0.1) is 0 Å². The molecule has 0 bridgehead atoms. The molecule has 1 unspecified atom stereocenters. The molecule has 0 amide bonds. The minimum Gasteiger partial charge on any atom is -0.493 e. The number of hydrogen-bond donors (Lipinski definition) is 2. The van der Waals surface area contributed by atoms with Crippen molar-refractivity contribution in [2.45, 2.75) is 13.3 Å². The van der Waals surface area contributed by atoms with E-state index in [0.29, 0.717) is 12.3 Å². The number of ether oxygens (including phenoxy) is 1. The number of benzene rings is 1. The van der Waals surface area contributed by atoms with Gasteiger partial charge in [0.25, 0.3) is 0 Å². The van der Waals surface area contributed by atoms with E-state index in [1.54, 1.807) is 6.07 Å². The lowest BCUT2D eigenvalue weighted by molar-refractivity contribution is 0.160. The lowest BCUT2D eigenvalue weighted by Crippen LogP contribution is -2.14. The van der Waals surface area contributed by atoms with Crippen LogP contribution in [-0.4, -0.2) is 18.3 Å². The first-order valence-corrected chi connectivity index (χ1v) is 4.85. The van der Waals surface area contributed by atoms with Crippen molar-refractivity contribution in [1.29, 1.82) is 0 Å². The minimum atomic E-state index is 0.165. The van der Waals surface area contributed by atoms with Crippen LogP contribution in [0.5, 0.6) is 5.75 Å². The predicted molar refractivity (Wildman–Crippen MR) is 57.2 cm³/mol. The summed E-state index contributed by atoms with van der Waals surface area (Å²) in [7, 11) is 0. The fourth-order valence-electron chi connectivity index (χ4n) is 1.12. The first-order chi connectivity index (χ1) is 6.76. The van der Waals surface area contributed by atoms with Gasteiger partial charge in [0.2, 0.25) is 0 Å². The average molecular weight is 195 g/mol. The van der Waals surface area contributed by atoms with Gasteiger partial charge in [-0.1, -0.05) is 13.0 Å². The van der Waals surface area contributed by atoms with E-state index in [4.69, 9.17) is 15.6 Å². The van der Waals surface area contributed by atoms with Crippen molar-refractivity contribution in [1.82, 2.24) is 0 Å². The van der Waals surface area contributed by atoms with E-state index >= 15 is 0 Å². The summed E-state index contributed by atoms with van der Waals surface area (Å²) in [6.45, 7) is 2.73. The molecule has 3 N–H and O–H groups in total. The van der Waals surface area contributed by atoms with Crippen LogP contribution in [0.15, 0.2) is 24.3 Å². The Balaban J connectivity index is 2.44. The van der Waals surface area contributed by atoms with E-state index in [1.807, 2.05) is 25.1 Å². The van der Waals surface area contributed by atoms with Crippen molar-refractivity contribution in [2.24, 2.45) is 5.92 Å². The van der Waals surface area contributed by atoms with Gasteiger partial charge in [0.05, 0.1) is 6.61 Å². The Kier molecular flexibility index (Phi) is 4.26. The Labute approximate surface area is 84.5 Å². The van der Waals surface area contributed by atoms with Crippen molar-refractivity contribution in [2.75, 3.05) is 18.9 Å². The molecule has 0 aliphatic carbocycles. The summed E-state index contributed by atoms with van der Waals surface area (Å²) in [5, 5.41) is 8.95. The molecule has 1 aromatic rings. The monoisotopic (exact) mass is 195 g/mol. The van der Waals surface area contributed by atoms with E-state index in [-0.39, 0.29) is 12.5 Å². The third-order valence-corrected chi connectivity index (χ3v) is 2.18. The first kappa shape index (κ1) is 10.9. The highest BCUT2D eigenvalue weighted by atomic mass is 16.5. The van der Waals surface area contributed by atoms with Gasteiger partial charge in [0.15, 0.2) is 0 Å². The quantitative estimate of drug-likeness (QED) is 0.703. The van der Waals surface area contributed by atoms with E-state index in [9.17, 15) is 0 Å². The van der Waals surface area contributed by atoms with Crippen molar-refractivity contribution in [3.63, 3.8) is 0 Å². The Morgan fingerprint density at radius 1 is 1.50 bits per heavy atom. The molecule has 0 radical (unpaired) electrons. The van der Waals surface area contributed by atoms with E-state index in [1.165, 1.54) is 0 Å². The highest BCUT2D eigenvalue weighted by Gasteiger charge is 2.05. The van der Waals surface area contributed by atoms with Crippen LogP contribution in [0.4, 0.5) is 5.69 Å². The number of aliphatic hydroxyl groups excluding tert-OH is 1. The summed E-state index contributed by atoms with van der Waals surface area (Å²) in [6.07, 6.45) is 0.915. The molecule has 1 aromatic carbocycles. The van der Waals surface area contributed by atoms with Gasteiger partial charge in [-0.2, -0.15) is 0 Å². The standard InChI is InChI=1S/C11H17NO2/c1-2-9(7-13)8-14-11-5-3-4-10(12)6-11/h3-6,9,13H,2,7-8,12H2,1H3. The van der Waals surface area contributed by atoms with Crippen LogP contribution in [0.3, 0.4) is 0 Å². The zero-order valence-corrected chi connectivity index (χ0v) is 8.44. The highest BCUT2D eigenvalue weighted by Crippen LogP contribution is 2.15. The zero-order chi connectivity index (χ0) is 10.4. The van der Waals surface area contributed by atoms with Gasteiger partial charge in [0.1, 0.15) is 5.75 Å². The van der Waals surface area contributed by atoms with Gasteiger partial charge in [-0.05, 0) is 18.6 Å². The number of anilines is 1. The second-order valence-electron chi connectivity index (χ2n) is 3.34. The number of aliphatic hydroxyl groups is 1. The maximum atomic E-state index is 8.95. The second kappa shape index (κ2) is 5.50. The molecule has 0 spiro atoms. The first-order valence-electron chi connectivity index (χ1n) is 4.85. The smallest absolute Gasteiger partial charge is 0.121 e. The van der Waals surface area contributed by atoms with Crippen LogP contribution in [0.25, 0.3) is 0 Å². The third kappa shape index (κ3) is 3.26. The summed E-state index contributed by atoms with van der Waals surface area (Å²) in [5.41, 5.74) is 6.29. The number of rotatable bonds is 5. The van der Waals surface area contributed by atoms with Crippen LogP contribution in [-0.2, 0) is 0 Å². The van der Waals surface area contributed by atoms with E-state index < -0.39 is 0 Å². The van der Waals surface area contributed by atoms with Crippen molar-refractivity contribution >= 4 is 5.69 Å². The lowest BCUT2D eigenvalue weighted by atomic mass is 10.1. The topological polar surface area (TPSA) is 55.5 Å². The minimum absolute atomic E-state index is 0.165. The maximum absolute atomic E-state index is 8.95. The Hall–Kier alpha value is -1.22. The molecule has 3 nitrogen and oxygen atoms in total. The third-order valence-electron chi connectivity index (χ3n) is 2.18. The van der Waals surface area contributed by atoms with Crippen molar-refractivity contribution in [3.8, 4) is 5.75 Å². The highest BCUT2D eigenvalue weighted by molar-refractivity contribution is 5.43. The molecular weight excluding hydrogens is 178 g/mol. The van der Waals surface area contributed by atoms with Crippen LogP contribution in [0, 0.1) is 5.92 Å². The fourth-order valence-corrected chi connectivity index (χ4v) is 1.12. The fraction of sp³-hybridized carbons (Fsp3) is 0.455. The summed E-state index contributed by atoms with van der Waals surface area (Å²) in [4.78, 5) is 0. The molecule has 0 heterocycles. The van der Waals surface area contributed by atoms with E-state index in [2.05, 4.69) is 0 Å². The molecule has 0 fully saturated rings. The van der Waals surface area contributed by atoms with Crippen LogP contribution < -0.4 is 10.5 Å². The molecule has 0 saturated heterocycles. The molecule has 0 aliphatic heterocycles. The van der Waals surface area contributed by atoms with Gasteiger partial charge in [-0.25, -0.2) is 0 Å². The Morgan fingerprint density at radius 3 is 2.86 bits per heavy atom. The van der Waals surface area contributed by atoms with Gasteiger partial charge in [-0.3, -0.25) is 0 Å². The second-order valence-corrected chi connectivity index (χ2v) is 3.34. The summed E-state index contributed by atoms with van der Waals surface area (Å²) in [6, 6.07) is 7.31. The molecule has 1 atom stereocenters. The molecule has 1 rings (SSSR count). The van der Waals surface area contributed by atoms with E-state index in [0.717, 1.165) is 12.2 Å². The van der Waals surface area contributed by atoms with Gasteiger partial charge >= 0.3 is 0 Å². The molecular formula is C11H17NO2. The average Bonchev–Trinajstić information content (AvgIpc) is 2.19. The molecule has 78 valence electrons.